The Morgan fingerprint density at radius 2 is 1.92 bits per heavy atom. The van der Waals surface area contributed by atoms with Gasteiger partial charge in [0.15, 0.2) is 11.5 Å². The van der Waals surface area contributed by atoms with Crippen molar-refractivity contribution in [3.05, 3.63) is 24.0 Å². The lowest BCUT2D eigenvalue weighted by Crippen LogP contribution is -2.14. The molecule has 0 aromatic rings. The van der Waals surface area contributed by atoms with Crippen molar-refractivity contribution in [2.45, 2.75) is 20.0 Å². The Morgan fingerprint density at radius 1 is 1.25 bits per heavy atom. The van der Waals surface area contributed by atoms with Crippen LogP contribution in [-0.2, 0) is 14.3 Å². The van der Waals surface area contributed by atoms with E-state index >= 15 is 0 Å². The summed E-state index contributed by atoms with van der Waals surface area (Å²) in [6.45, 7) is 3.60. The van der Waals surface area contributed by atoms with E-state index in [1.165, 1.54) is 18.2 Å². The van der Waals surface area contributed by atoms with Gasteiger partial charge in [0, 0.05) is 6.08 Å². The molecule has 3 heteroatoms. The molecule has 0 saturated heterocycles. The molecule has 0 aromatic heterocycles. The molecule has 0 radical (unpaired) electrons. The molecule has 0 N–H and O–H groups in total. The smallest absolute Gasteiger partial charge is 0.220 e. The van der Waals surface area contributed by atoms with Gasteiger partial charge < -0.3 is 4.74 Å². The minimum absolute atomic E-state index is 0.0838. The predicted octanol–water partition coefficient (Wildman–Crippen LogP) is 1.00. The topological polar surface area (TPSA) is 43.4 Å². The highest BCUT2D eigenvalue weighted by Crippen LogP contribution is 2.09. The normalized spacial score (nSPS) is 16.8. The van der Waals surface area contributed by atoms with Crippen LogP contribution < -0.4 is 0 Å². The summed E-state index contributed by atoms with van der Waals surface area (Å²) in [5.74, 6) is -0.314. The summed E-state index contributed by atoms with van der Waals surface area (Å²) >= 11 is 0. The number of rotatable bonds is 2. The van der Waals surface area contributed by atoms with Gasteiger partial charge in [-0.1, -0.05) is 0 Å². The van der Waals surface area contributed by atoms with Crippen molar-refractivity contribution in [3.8, 4) is 0 Å². The molecule has 3 nitrogen and oxygen atoms in total. The summed E-state index contributed by atoms with van der Waals surface area (Å²) in [6, 6.07) is 0. The lowest BCUT2D eigenvalue weighted by Gasteiger charge is -2.12. The van der Waals surface area contributed by atoms with Crippen molar-refractivity contribution in [3.63, 3.8) is 0 Å². The largest absolute Gasteiger partial charge is 0.487 e. The lowest BCUT2D eigenvalue weighted by atomic mass is 10.1. The van der Waals surface area contributed by atoms with Crippen LogP contribution in [-0.4, -0.2) is 17.7 Å². The molecule has 0 heterocycles. The predicted molar refractivity (Wildman–Crippen MR) is 43.5 cm³/mol. The quantitative estimate of drug-likeness (QED) is 0.575. The second kappa shape index (κ2) is 3.34. The number of ketones is 2. The van der Waals surface area contributed by atoms with E-state index in [9.17, 15) is 9.59 Å². The Balaban J connectivity index is 2.75. The van der Waals surface area contributed by atoms with Crippen molar-refractivity contribution in [1.29, 1.82) is 0 Å². The summed E-state index contributed by atoms with van der Waals surface area (Å²) in [7, 11) is 0. The highest BCUT2D eigenvalue weighted by atomic mass is 16.5. The number of carbonyl (C=O) groups is 2. The Hall–Kier alpha value is -1.38. The molecule has 0 aromatic carbocycles. The highest BCUT2D eigenvalue weighted by molar-refractivity contribution is 6.16. The van der Waals surface area contributed by atoms with Crippen LogP contribution in [0.5, 0.6) is 0 Å². The van der Waals surface area contributed by atoms with E-state index in [1.807, 2.05) is 0 Å². The molecule has 0 unspecified atom stereocenters. The first kappa shape index (κ1) is 8.71. The third-order valence-corrected chi connectivity index (χ3v) is 1.28. The molecule has 0 saturated carbocycles. The maximum atomic E-state index is 11.0. The standard InChI is InChI=1S/C9H10O3/c1-6(2)12-9-5-7(10)3-4-8(9)11/h3-6H,1-2H3. The number of allylic oxidation sites excluding steroid dienone is 3. The zero-order valence-corrected chi connectivity index (χ0v) is 7.03. The van der Waals surface area contributed by atoms with Crippen molar-refractivity contribution >= 4 is 11.6 Å². The van der Waals surface area contributed by atoms with Gasteiger partial charge in [-0.25, -0.2) is 0 Å². The van der Waals surface area contributed by atoms with Crippen LogP contribution in [0.15, 0.2) is 24.0 Å². The molecule has 0 amide bonds. The molecule has 1 rings (SSSR count). The van der Waals surface area contributed by atoms with Crippen LogP contribution in [0.3, 0.4) is 0 Å². The summed E-state index contributed by atoms with van der Waals surface area (Å²) in [4.78, 5) is 21.8. The molecule has 0 aliphatic heterocycles. The van der Waals surface area contributed by atoms with Gasteiger partial charge in [-0.05, 0) is 26.0 Å². The van der Waals surface area contributed by atoms with Crippen LogP contribution in [0.4, 0.5) is 0 Å². The van der Waals surface area contributed by atoms with Gasteiger partial charge in [-0.2, -0.15) is 0 Å². The lowest BCUT2D eigenvalue weighted by molar-refractivity contribution is -0.117. The molecule has 64 valence electrons. The average molecular weight is 166 g/mol. The molecule has 0 fully saturated rings. The van der Waals surface area contributed by atoms with Crippen molar-refractivity contribution in [1.82, 2.24) is 0 Å². The third-order valence-electron chi connectivity index (χ3n) is 1.28. The minimum Gasteiger partial charge on any atom is -0.487 e. The first-order valence-electron chi connectivity index (χ1n) is 3.74. The Bertz CT molecular complexity index is 271. The van der Waals surface area contributed by atoms with Crippen molar-refractivity contribution in [2.75, 3.05) is 0 Å². The fourth-order valence-corrected chi connectivity index (χ4v) is 0.834. The third kappa shape index (κ3) is 2.05. The van der Waals surface area contributed by atoms with Crippen molar-refractivity contribution in [2.24, 2.45) is 0 Å². The second-order valence-corrected chi connectivity index (χ2v) is 2.78. The summed E-state index contributed by atoms with van der Waals surface area (Å²) in [5, 5.41) is 0. The molecule has 1 aliphatic carbocycles. The summed E-state index contributed by atoms with van der Waals surface area (Å²) in [5.41, 5.74) is 0. The first-order valence-corrected chi connectivity index (χ1v) is 3.74. The van der Waals surface area contributed by atoms with Crippen LogP contribution in [0.2, 0.25) is 0 Å². The zero-order valence-electron chi connectivity index (χ0n) is 7.03. The van der Waals surface area contributed by atoms with Gasteiger partial charge in [0.25, 0.3) is 0 Å². The molecular formula is C9H10O3. The second-order valence-electron chi connectivity index (χ2n) is 2.78. The van der Waals surface area contributed by atoms with Crippen LogP contribution >= 0.6 is 0 Å². The summed E-state index contributed by atoms with van der Waals surface area (Å²) in [6.07, 6.45) is 3.58. The van der Waals surface area contributed by atoms with E-state index < -0.39 is 0 Å². The molecule has 0 spiro atoms. The molecule has 1 aliphatic rings. The van der Waals surface area contributed by atoms with Crippen LogP contribution in [0, 0.1) is 0 Å². The molecule has 12 heavy (non-hydrogen) atoms. The average Bonchev–Trinajstić information content (AvgIpc) is 1.96. The zero-order chi connectivity index (χ0) is 9.14. The minimum atomic E-state index is -0.247. The first-order chi connectivity index (χ1) is 5.59. The molecular weight excluding hydrogens is 156 g/mol. The SMILES string of the molecule is CC(C)OC1=CC(=O)C=CC1=O. The van der Waals surface area contributed by atoms with E-state index in [2.05, 4.69) is 0 Å². The van der Waals surface area contributed by atoms with E-state index in [0.29, 0.717) is 0 Å². The fraction of sp³-hybridized carbons (Fsp3) is 0.333. The monoisotopic (exact) mass is 166 g/mol. The number of hydrogen-bond acceptors (Lipinski definition) is 3. The Labute approximate surface area is 70.7 Å². The van der Waals surface area contributed by atoms with Crippen LogP contribution in [0.25, 0.3) is 0 Å². The summed E-state index contributed by atoms with van der Waals surface area (Å²) < 4.78 is 5.11. The Kier molecular flexibility index (Phi) is 2.43. The maximum Gasteiger partial charge on any atom is 0.220 e. The van der Waals surface area contributed by atoms with Gasteiger partial charge >= 0.3 is 0 Å². The Morgan fingerprint density at radius 3 is 2.50 bits per heavy atom. The number of carbonyl (C=O) groups excluding carboxylic acids is 2. The maximum absolute atomic E-state index is 11.0. The number of hydrogen-bond donors (Lipinski definition) is 0. The van der Waals surface area contributed by atoms with E-state index in [1.54, 1.807) is 13.8 Å². The van der Waals surface area contributed by atoms with Crippen LogP contribution in [0.1, 0.15) is 13.8 Å². The fourth-order valence-electron chi connectivity index (χ4n) is 0.834. The number of ether oxygens (including phenoxy) is 1. The van der Waals surface area contributed by atoms with Gasteiger partial charge in [0.1, 0.15) is 0 Å². The van der Waals surface area contributed by atoms with E-state index in [0.717, 1.165) is 0 Å². The molecule has 0 bridgehead atoms. The van der Waals surface area contributed by atoms with Gasteiger partial charge in [0.05, 0.1) is 6.10 Å². The van der Waals surface area contributed by atoms with Gasteiger partial charge in [0.2, 0.25) is 5.78 Å². The van der Waals surface area contributed by atoms with E-state index in [4.69, 9.17) is 4.74 Å². The van der Waals surface area contributed by atoms with Gasteiger partial charge in [-0.3, -0.25) is 9.59 Å². The van der Waals surface area contributed by atoms with E-state index in [-0.39, 0.29) is 23.4 Å². The molecule has 0 atom stereocenters. The van der Waals surface area contributed by atoms with Crippen molar-refractivity contribution < 1.29 is 14.3 Å². The van der Waals surface area contributed by atoms with Gasteiger partial charge in [-0.15, -0.1) is 0 Å². The highest BCUT2D eigenvalue weighted by Gasteiger charge is 2.15.